The average molecular weight is 525 g/mol. The molecule has 0 bridgehead atoms. The maximum Gasteiger partial charge on any atom is 0.306 e. The van der Waals surface area contributed by atoms with Crippen LogP contribution in [0.1, 0.15) is 79.6 Å². The van der Waals surface area contributed by atoms with Gasteiger partial charge in [-0.2, -0.15) is 0 Å². The van der Waals surface area contributed by atoms with Gasteiger partial charge in [0.25, 0.3) is 0 Å². The first kappa shape index (κ1) is 27.4. The van der Waals surface area contributed by atoms with Gasteiger partial charge in [-0.15, -0.1) is 0 Å². The highest BCUT2D eigenvalue weighted by atomic mass is 32.1. The van der Waals surface area contributed by atoms with E-state index in [1.807, 2.05) is 20.8 Å². The molecule has 0 heterocycles. The van der Waals surface area contributed by atoms with Gasteiger partial charge in [0.2, 0.25) is 10.8 Å². The van der Waals surface area contributed by atoms with Gasteiger partial charge < -0.3 is 14.9 Å². The summed E-state index contributed by atoms with van der Waals surface area (Å²) in [7, 11) is 0. The zero-order valence-electron chi connectivity index (χ0n) is 21.8. The number of esters is 1. The van der Waals surface area contributed by atoms with Crippen LogP contribution in [0.15, 0.2) is 23.0 Å². The van der Waals surface area contributed by atoms with Crippen molar-refractivity contribution in [2.45, 2.75) is 97.4 Å². The van der Waals surface area contributed by atoms with Crippen LogP contribution < -0.4 is 0 Å². The molecule has 200 valence electrons. The van der Waals surface area contributed by atoms with E-state index in [0.717, 1.165) is 6.42 Å². The zero-order chi connectivity index (χ0) is 26.8. The average Bonchev–Trinajstić information content (AvgIpc) is 3.01. The molecular weight excluding hydrogens is 486 g/mol. The van der Waals surface area contributed by atoms with Gasteiger partial charge >= 0.3 is 5.97 Å². The lowest BCUT2D eigenvalue weighted by molar-refractivity contribution is -0.187. The molecule has 9 atom stereocenters. The second kappa shape index (κ2) is 9.26. The lowest BCUT2D eigenvalue weighted by Gasteiger charge is -2.60. The van der Waals surface area contributed by atoms with Crippen molar-refractivity contribution in [3.05, 3.63) is 23.0 Å². The fourth-order valence-corrected chi connectivity index (χ4v) is 8.97. The number of alkyl halides is 1. The molecule has 5 nitrogen and oxygen atoms in total. The minimum atomic E-state index is -1.68. The Morgan fingerprint density at radius 1 is 1.28 bits per heavy atom. The summed E-state index contributed by atoms with van der Waals surface area (Å²) in [5.74, 6) is -3.74. The number of fused-ring (bicyclic) bond motifs is 5. The molecule has 0 aromatic heterocycles. The van der Waals surface area contributed by atoms with Gasteiger partial charge in [-0.05, 0) is 61.7 Å². The predicted molar refractivity (Wildman–Crippen MR) is 136 cm³/mol. The lowest BCUT2D eigenvalue weighted by atomic mass is 9.45. The van der Waals surface area contributed by atoms with Crippen molar-refractivity contribution >= 4 is 29.0 Å². The molecule has 0 spiro atoms. The van der Waals surface area contributed by atoms with E-state index in [0.29, 0.717) is 24.8 Å². The third kappa shape index (κ3) is 3.57. The third-order valence-corrected chi connectivity index (χ3v) is 10.3. The van der Waals surface area contributed by atoms with Gasteiger partial charge in [0, 0.05) is 34.7 Å². The molecule has 2 N–H and O–H groups in total. The fourth-order valence-electron chi connectivity index (χ4n) is 8.49. The van der Waals surface area contributed by atoms with Gasteiger partial charge in [-0.25, -0.2) is 8.78 Å². The van der Waals surface area contributed by atoms with Crippen LogP contribution in [0.2, 0.25) is 0 Å². The Balaban J connectivity index is 1.81. The number of rotatable bonds is 6. The monoisotopic (exact) mass is 524 g/mol. The molecule has 0 amide bonds. The van der Waals surface area contributed by atoms with Crippen LogP contribution in [0.3, 0.4) is 0 Å². The van der Waals surface area contributed by atoms with Crippen molar-refractivity contribution in [1.82, 2.24) is 0 Å². The van der Waals surface area contributed by atoms with E-state index in [4.69, 9.17) is 17.0 Å². The quantitative estimate of drug-likeness (QED) is 0.333. The van der Waals surface area contributed by atoms with Crippen LogP contribution in [0.25, 0.3) is 0 Å². The summed E-state index contributed by atoms with van der Waals surface area (Å²) >= 11 is 5.32. The summed E-state index contributed by atoms with van der Waals surface area (Å²) < 4.78 is 37.1. The van der Waals surface area contributed by atoms with E-state index >= 15 is 8.78 Å². The first-order valence-corrected chi connectivity index (χ1v) is 13.6. The van der Waals surface area contributed by atoms with Crippen LogP contribution in [0, 0.1) is 34.5 Å². The maximum atomic E-state index is 15.8. The van der Waals surface area contributed by atoms with E-state index in [-0.39, 0.29) is 42.6 Å². The molecule has 0 aromatic carbocycles. The highest BCUT2D eigenvalue weighted by molar-refractivity contribution is 7.80. The fraction of sp³-hybridized carbons (Fsp3) is 0.750. The van der Waals surface area contributed by atoms with Crippen LogP contribution in [-0.2, 0) is 14.3 Å². The van der Waals surface area contributed by atoms with Crippen LogP contribution in [-0.4, -0.2) is 44.9 Å². The maximum absolute atomic E-state index is 15.8. The molecule has 0 saturated heterocycles. The number of ketones is 1. The molecule has 36 heavy (non-hydrogen) atoms. The molecule has 8 heteroatoms. The number of halogens is 2. The highest BCUT2D eigenvalue weighted by Crippen LogP contribution is 2.70. The SMILES string of the molecule is CCCCC(=O)O[C@]1(C(O)=S)[C@@H](C)C[C@H]2[C@@H]3C[C@H](F)C4=C(F)C(=O)C(CC)=C[C@]4(C)[C@H]3[C@@H](O)C[C@@]21C. The largest absolute Gasteiger partial charge is 0.499 e. The van der Waals surface area contributed by atoms with Crippen LogP contribution in [0.5, 0.6) is 0 Å². The third-order valence-electron chi connectivity index (χ3n) is 9.97. The van der Waals surface area contributed by atoms with Crippen LogP contribution >= 0.6 is 12.2 Å². The second-order valence-electron chi connectivity index (χ2n) is 11.8. The van der Waals surface area contributed by atoms with E-state index < -0.39 is 57.3 Å². The Hall–Kier alpha value is -1.67. The number of carbonyl (C=O) groups excluding carboxylic acids is 2. The second-order valence-corrected chi connectivity index (χ2v) is 12.2. The molecule has 0 radical (unpaired) electrons. The summed E-state index contributed by atoms with van der Waals surface area (Å²) in [6.45, 7) is 9.20. The molecule has 0 unspecified atom stereocenters. The molecule has 4 aliphatic carbocycles. The number of aliphatic hydroxyl groups is 2. The minimum Gasteiger partial charge on any atom is -0.499 e. The molecule has 0 aliphatic heterocycles. The molecular formula is C28H38F2O5S. The summed E-state index contributed by atoms with van der Waals surface area (Å²) in [4.78, 5) is 25.4. The Morgan fingerprint density at radius 3 is 2.53 bits per heavy atom. The topological polar surface area (TPSA) is 83.8 Å². The number of hydrogen-bond donors (Lipinski definition) is 2. The summed E-state index contributed by atoms with van der Waals surface area (Å²) in [6.07, 6.45) is 1.56. The predicted octanol–water partition coefficient (Wildman–Crippen LogP) is 5.89. The smallest absolute Gasteiger partial charge is 0.306 e. The van der Waals surface area contributed by atoms with Crippen molar-refractivity contribution in [2.75, 3.05) is 0 Å². The number of unbranched alkanes of at least 4 members (excludes halogenated alkanes) is 1. The summed E-state index contributed by atoms with van der Waals surface area (Å²) in [6, 6.07) is 0. The molecule has 3 saturated carbocycles. The molecule has 3 fully saturated rings. The Kier molecular flexibility index (Phi) is 7.04. The number of aliphatic hydroxyl groups excluding tert-OH is 2. The molecule has 0 aromatic rings. The minimum absolute atomic E-state index is 0.0479. The van der Waals surface area contributed by atoms with E-state index in [9.17, 15) is 19.8 Å². The zero-order valence-corrected chi connectivity index (χ0v) is 22.6. The normalized spacial score (nSPS) is 43.9. The van der Waals surface area contributed by atoms with E-state index in [2.05, 4.69) is 0 Å². The van der Waals surface area contributed by atoms with E-state index in [1.54, 1.807) is 19.9 Å². The first-order valence-electron chi connectivity index (χ1n) is 13.2. The Labute approximate surface area is 217 Å². The summed E-state index contributed by atoms with van der Waals surface area (Å²) in [5.41, 5.74) is -3.43. The highest BCUT2D eigenvalue weighted by Gasteiger charge is 2.73. The summed E-state index contributed by atoms with van der Waals surface area (Å²) in [5, 5.41) is 22.1. The van der Waals surface area contributed by atoms with Crippen LogP contribution in [0.4, 0.5) is 8.78 Å². The lowest BCUT2D eigenvalue weighted by Crippen LogP contribution is -2.64. The Bertz CT molecular complexity index is 1040. The number of thiocarbonyl (C=S) groups is 1. The van der Waals surface area contributed by atoms with Gasteiger partial charge in [0.1, 0.15) is 6.17 Å². The van der Waals surface area contributed by atoms with Crippen molar-refractivity contribution in [3.8, 4) is 0 Å². The van der Waals surface area contributed by atoms with Gasteiger partial charge in [0.15, 0.2) is 11.4 Å². The van der Waals surface area contributed by atoms with Gasteiger partial charge in [-0.1, -0.05) is 47.1 Å². The Morgan fingerprint density at radius 2 is 1.94 bits per heavy atom. The number of allylic oxidation sites excluding steroid dienone is 4. The molecule has 4 aliphatic rings. The van der Waals surface area contributed by atoms with Crippen molar-refractivity contribution in [1.29, 1.82) is 0 Å². The van der Waals surface area contributed by atoms with E-state index in [1.165, 1.54) is 0 Å². The van der Waals surface area contributed by atoms with Gasteiger partial charge in [0.05, 0.1) is 6.10 Å². The number of ether oxygens (including phenoxy) is 1. The number of Topliss-reactive ketones (excluding diaryl/α,β-unsaturated/α-hetero) is 1. The van der Waals surface area contributed by atoms with Crippen molar-refractivity contribution in [2.24, 2.45) is 34.5 Å². The standard InChI is InChI=1S/C28H38F2O5S/c1-6-8-9-20(32)35-28(25(34)36)14(3)10-17-16-11-18(29)22-23(30)24(33)15(7-2)12-26(22,4)21(16)19(31)13-27(17,28)5/h12,14,16-19,21,31H,6-11,13H2,1-5H3,(H,34,36)/t14-,16-,17-,18-,19-,21+,26+,27-,28-/m0/s1. The van der Waals surface area contributed by atoms with Gasteiger partial charge in [-0.3, -0.25) is 9.59 Å². The number of carbonyl (C=O) groups is 2. The van der Waals surface area contributed by atoms with Crippen molar-refractivity contribution < 1.29 is 33.3 Å². The van der Waals surface area contributed by atoms with Crippen molar-refractivity contribution in [3.63, 3.8) is 0 Å². The number of hydrogen-bond acceptors (Lipinski definition) is 5. The first-order chi connectivity index (χ1) is 16.8. The molecule has 4 rings (SSSR count).